The molecule has 0 spiro atoms. The van der Waals surface area contributed by atoms with Gasteiger partial charge in [-0.05, 0) is 18.9 Å². The summed E-state index contributed by atoms with van der Waals surface area (Å²) in [6.07, 6.45) is 7.18. The van der Waals surface area contributed by atoms with Crippen LogP contribution in [0.5, 0.6) is 5.88 Å². The van der Waals surface area contributed by atoms with E-state index < -0.39 is 11.6 Å². The number of pyridine rings is 1. The first-order valence-corrected chi connectivity index (χ1v) is 5.55. The summed E-state index contributed by atoms with van der Waals surface area (Å²) in [5.41, 5.74) is -1.26. The van der Waals surface area contributed by atoms with E-state index in [9.17, 15) is 9.18 Å². The summed E-state index contributed by atoms with van der Waals surface area (Å²) in [6, 6.07) is 3.23. The summed E-state index contributed by atoms with van der Waals surface area (Å²) in [5, 5.41) is 0. The largest absolute Gasteiger partial charge is 0.481 e. The molecule has 0 radical (unpaired) electrons. The van der Waals surface area contributed by atoms with Gasteiger partial charge in [-0.15, -0.1) is 6.42 Å². The van der Waals surface area contributed by atoms with Crippen LogP contribution in [0, 0.1) is 12.3 Å². The number of alkyl halides is 1. The van der Waals surface area contributed by atoms with E-state index in [2.05, 4.69) is 10.9 Å². The number of anilines is 1. The minimum Gasteiger partial charge on any atom is -0.481 e. The Morgan fingerprint density at radius 1 is 1.67 bits per heavy atom. The first-order chi connectivity index (χ1) is 8.60. The van der Waals surface area contributed by atoms with E-state index in [1.165, 1.54) is 18.2 Å². The van der Waals surface area contributed by atoms with Crippen LogP contribution in [0.15, 0.2) is 18.3 Å². The maximum Gasteiger partial charge on any atom is 0.265 e. The Balaban J connectivity index is 2.23. The highest BCUT2D eigenvalue weighted by molar-refractivity contribution is 6.01. The molecule has 0 aliphatic heterocycles. The molecule has 4 nitrogen and oxygen atoms in total. The zero-order valence-electron chi connectivity index (χ0n) is 10.0. The number of rotatable bonds is 4. The zero-order chi connectivity index (χ0) is 13.2. The molecule has 0 aromatic carbocycles. The molecule has 0 N–H and O–H groups in total. The van der Waals surface area contributed by atoms with Gasteiger partial charge in [0.25, 0.3) is 5.91 Å². The van der Waals surface area contributed by atoms with Gasteiger partial charge in [0.2, 0.25) is 5.88 Å². The maximum atomic E-state index is 13.8. The van der Waals surface area contributed by atoms with Gasteiger partial charge in [-0.1, -0.05) is 5.92 Å². The number of nitrogens with zero attached hydrogens (tertiary/aromatic N) is 2. The van der Waals surface area contributed by atoms with Gasteiger partial charge in [-0.25, -0.2) is 9.37 Å². The minimum atomic E-state index is -1.74. The third kappa shape index (κ3) is 2.28. The van der Waals surface area contributed by atoms with Gasteiger partial charge in [0.05, 0.1) is 25.5 Å². The van der Waals surface area contributed by atoms with Crippen molar-refractivity contribution < 1.29 is 13.9 Å². The fourth-order valence-electron chi connectivity index (χ4n) is 1.59. The van der Waals surface area contributed by atoms with Crippen molar-refractivity contribution in [3.63, 3.8) is 0 Å². The molecule has 1 fully saturated rings. The van der Waals surface area contributed by atoms with Gasteiger partial charge in [-0.3, -0.25) is 9.69 Å². The quantitative estimate of drug-likeness (QED) is 0.759. The SMILES string of the molecule is C#CCN(C(=O)C1(F)CC1)c1ccc(OC)nc1. The van der Waals surface area contributed by atoms with Gasteiger partial charge >= 0.3 is 0 Å². The number of methoxy groups -OCH3 is 1. The molecule has 0 bridgehead atoms. The predicted octanol–water partition coefficient (Wildman–Crippen LogP) is 1.56. The molecule has 1 aromatic heterocycles. The van der Waals surface area contributed by atoms with Crippen LogP contribution in [0.25, 0.3) is 0 Å². The highest BCUT2D eigenvalue weighted by Gasteiger charge is 2.53. The number of hydrogen-bond donors (Lipinski definition) is 0. The van der Waals surface area contributed by atoms with E-state index in [4.69, 9.17) is 11.2 Å². The van der Waals surface area contributed by atoms with Gasteiger partial charge < -0.3 is 4.74 Å². The molecule has 1 amide bonds. The molecule has 2 rings (SSSR count). The summed E-state index contributed by atoms with van der Waals surface area (Å²) in [7, 11) is 1.49. The van der Waals surface area contributed by atoms with Crippen molar-refractivity contribution in [1.29, 1.82) is 0 Å². The molecular weight excluding hydrogens is 235 g/mol. The van der Waals surface area contributed by atoms with E-state index in [1.807, 2.05) is 0 Å². The molecule has 0 saturated heterocycles. The Bertz CT molecular complexity index is 489. The lowest BCUT2D eigenvalue weighted by Gasteiger charge is -2.21. The lowest BCUT2D eigenvalue weighted by atomic mass is 10.2. The van der Waals surface area contributed by atoms with Crippen molar-refractivity contribution in [3.8, 4) is 18.2 Å². The second-order valence-electron chi connectivity index (χ2n) is 4.12. The number of terminal acetylenes is 1. The number of carbonyl (C=O) groups is 1. The lowest BCUT2D eigenvalue weighted by Crippen LogP contribution is -2.39. The number of amides is 1. The van der Waals surface area contributed by atoms with Crippen molar-refractivity contribution in [2.45, 2.75) is 18.5 Å². The second kappa shape index (κ2) is 4.65. The van der Waals surface area contributed by atoms with Crippen LogP contribution in [-0.4, -0.2) is 30.2 Å². The van der Waals surface area contributed by atoms with Gasteiger partial charge in [0.15, 0.2) is 5.67 Å². The van der Waals surface area contributed by atoms with E-state index in [1.54, 1.807) is 12.1 Å². The Morgan fingerprint density at radius 2 is 2.39 bits per heavy atom. The average molecular weight is 248 g/mol. The normalized spacial score (nSPS) is 15.6. The van der Waals surface area contributed by atoms with Gasteiger partial charge in [0.1, 0.15) is 0 Å². The van der Waals surface area contributed by atoms with Crippen molar-refractivity contribution in [2.75, 3.05) is 18.6 Å². The highest BCUT2D eigenvalue weighted by Crippen LogP contribution is 2.42. The lowest BCUT2D eigenvalue weighted by molar-refractivity contribution is -0.124. The van der Waals surface area contributed by atoms with Crippen molar-refractivity contribution in [1.82, 2.24) is 4.98 Å². The summed E-state index contributed by atoms with van der Waals surface area (Å²) < 4.78 is 18.7. The van der Waals surface area contributed by atoms with Crippen molar-refractivity contribution in [3.05, 3.63) is 18.3 Å². The minimum absolute atomic E-state index is 0.0263. The molecule has 18 heavy (non-hydrogen) atoms. The topological polar surface area (TPSA) is 42.4 Å². The molecule has 94 valence electrons. The standard InChI is InChI=1S/C13H13FN2O2/c1-3-8-16(12(17)13(14)6-7-13)10-4-5-11(18-2)15-9-10/h1,4-5,9H,6-8H2,2H3. The molecule has 1 aliphatic rings. The predicted molar refractivity (Wildman–Crippen MR) is 65.0 cm³/mol. The smallest absolute Gasteiger partial charge is 0.265 e. The number of halogens is 1. The van der Waals surface area contributed by atoms with Crippen LogP contribution in [0.1, 0.15) is 12.8 Å². The van der Waals surface area contributed by atoms with Crippen LogP contribution in [-0.2, 0) is 4.79 Å². The molecule has 0 atom stereocenters. The van der Waals surface area contributed by atoms with Crippen LogP contribution in [0.4, 0.5) is 10.1 Å². The maximum absolute atomic E-state index is 13.8. The fraction of sp³-hybridized carbons (Fsp3) is 0.385. The number of ether oxygens (including phenoxy) is 1. The van der Waals surface area contributed by atoms with E-state index in [0.717, 1.165) is 0 Å². The molecule has 1 saturated carbocycles. The Kier molecular flexibility index (Phi) is 3.19. The molecule has 0 unspecified atom stereocenters. The summed E-state index contributed by atoms with van der Waals surface area (Å²) in [6.45, 7) is 0.0263. The summed E-state index contributed by atoms with van der Waals surface area (Å²) in [5.74, 6) is 2.19. The first kappa shape index (κ1) is 12.4. The molecular formula is C13H13FN2O2. The molecule has 1 heterocycles. The number of carbonyl (C=O) groups excluding carboxylic acids is 1. The zero-order valence-corrected chi connectivity index (χ0v) is 10.0. The number of hydrogen-bond acceptors (Lipinski definition) is 3. The Hall–Kier alpha value is -2.09. The highest BCUT2D eigenvalue weighted by atomic mass is 19.1. The third-order valence-electron chi connectivity index (χ3n) is 2.81. The van der Waals surface area contributed by atoms with Gasteiger partial charge in [0, 0.05) is 6.07 Å². The van der Waals surface area contributed by atoms with Crippen LogP contribution < -0.4 is 9.64 Å². The van der Waals surface area contributed by atoms with E-state index in [0.29, 0.717) is 11.6 Å². The first-order valence-electron chi connectivity index (χ1n) is 5.55. The van der Waals surface area contributed by atoms with Crippen LogP contribution in [0.2, 0.25) is 0 Å². The fourth-order valence-corrected chi connectivity index (χ4v) is 1.59. The molecule has 1 aromatic rings. The monoisotopic (exact) mass is 248 g/mol. The average Bonchev–Trinajstić information content (AvgIpc) is 3.15. The van der Waals surface area contributed by atoms with Gasteiger partial charge in [-0.2, -0.15) is 0 Å². The Morgan fingerprint density at radius 3 is 2.83 bits per heavy atom. The van der Waals surface area contributed by atoms with Crippen LogP contribution >= 0.6 is 0 Å². The number of aromatic nitrogens is 1. The van der Waals surface area contributed by atoms with E-state index >= 15 is 0 Å². The second-order valence-corrected chi connectivity index (χ2v) is 4.12. The van der Waals surface area contributed by atoms with Crippen LogP contribution in [0.3, 0.4) is 0 Å². The van der Waals surface area contributed by atoms with Crippen molar-refractivity contribution >= 4 is 11.6 Å². The van der Waals surface area contributed by atoms with E-state index in [-0.39, 0.29) is 19.4 Å². The molecule has 1 aliphatic carbocycles. The summed E-state index contributed by atoms with van der Waals surface area (Å²) in [4.78, 5) is 17.2. The van der Waals surface area contributed by atoms with Crippen molar-refractivity contribution in [2.24, 2.45) is 0 Å². The summed E-state index contributed by atoms with van der Waals surface area (Å²) >= 11 is 0. The third-order valence-corrected chi connectivity index (χ3v) is 2.81. The Labute approximate surface area is 105 Å². The molecule has 5 heteroatoms.